The quantitative estimate of drug-likeness (QED) is 0.820. The number of aliphatic hydroxyl groups excluding tert-OH is 1. The molecule has 2 rings (SSSR count). The molecule has 0 spiro atoms. The van der Waals surface area contributed by atoms with Gasteiger partial charge in [0.05, 0.1) is 12.7 Å². The van der Waals surface area contributed by atoms with Crippen LogP contribution >= 0.6 is 0 Å². The van der Waals surface area contributed by atoms with Crippen molar-refractivity contribution in [3.63, 3.8) is 0 Å². The predicted molar refractivity (Wildman–Crippen MR) is 68.4 cm³/mol. The molecule has 0 bridgehead atoms. The smallest absolute Gasteiger partial charge is 0.122 e. The second-order valence-corrected chi connectivity index (χ2v) is 4.78. The van der Waals surface area contributed by atoms with E-state index < -0.39 is 0 Å². The summed E-state index contributed by atoms with van der Waals surface area (Å²) < 4.78 is 5.49. The van der Waals surface area contributed by atoms with Crippen LogP contribution in [-0.4, -0.2) is 24.4 Å². The van der Waals surface area contributed by atoms with E-state index in [1.165, 1.54) is 11.1 Å². The Morgan fingerprint density at radius 3 is 3.00 bits per heavy atom. The van der Waals surface area contributed by atoms with E-state index in [9.17, 15) is 5.11 Å². The number of nitrogens with one attached hydrogen (secondary N) is 1. The first-order valence-electron chi connectivity index (χ1n) is 6.34. The molecule has 17 heavy (non-hydrogen) atoms. The fourth-order valence-electron chi connectivity index (χ4n) is 2.10. The third-order valence-electron chi connectivity index (χ3n) is 3.23. The largest absolute Gasteiger partial charge is 0.493 e. The number of fused-ring (bicyclic) bond motifs is 1. The van der Waals surface area contributed by atoms with Gasteiger partial charge in [-0.25, -0.2) is 0 Å². The van der Waals surface area contributed by atoms with Crippen molar-refractivity contribution in [3.05, 3.63) is 29.3 Å². The van der Waals surface area contributed by atoms with Gasteiger partial charge >= 0.3 is 0 Å². The molecular formula is C14H21NO2. The van der Waals surface area contributed by atoms with Crippen molar-refractivity contribution in [2.75, 3.05) is 13.2 Å². The molecule has 0 saturated heterocycles. The maximum absolute atomic E-state index is 9.21. The normalized spacial score (nSPS) is 17.4. The van der Waals surface area contributed by atoms with Crippen LogP contribution in [0.15, 0.2) is 18.2 Å². The van der Waals surface area contributed by atoms with Gasteiger partial charge in [-0.2, -0.15) is 0 Å². The van der Waals surface area contributed by atoms with Gasteiger partial charge in [-0.15, -0.1) is 0 Å². The van der Waals surface area contributed by atoms with Crippen LogP contribution in [0.2, 0.25) is 0 Å². The highest BCUT2D eigenvalue weighted by molar-refractivity contribution is 5.40. The summed E-state index contributed by atoms with van der Waals surface area (Å²) in [6, 6.07) is 6.72. The lowest BCUT2D eigenvalue weighted by atomic mass is 10.0. The topological polar surface area (TPSA) is 41.5 Å². The van der Waals surface area contributed by atoms with Crippen molar-refractivity contribution in [2.24, 2.45) is 0 Å². The fourth-order valence-corrected chi connectivity index (χ4v) is 2.10. The first-order valence-corrected chi connectivity index (χ1v) is 6.34. The predicted octanol–water partition coefficient (Wildman–Crippen LogP) is 2.04. The van der Waals surface area contributed by atoms with E-state index in [2.05, 4.69) is 30.4 Å². The molecule has 0 aromatic heterocycles. The molecule has 2 N–H and O–H groups in total. The summed E-state index contributed by atoms with van der Waals surface area (Å²) in [4.78, 5) is 0. The third kappa shape index (κ3) is 3.20. The van der Waals surface area contributed by atoms with E-state index in [4.69, 9.17) is 4.74 Å². The summed E-state index contributed by atoms with van der Waals surface area (Å²) in [5, 5.41) is 12.6. The van der Waals surface area contributed by atoms with Crippen LogP contribution in [0, 0.1) is 0 Å². The molecule has 0 radical (unpaired) electrons. The zero-order valence-corrected chi connectivity index (χ0v) is 10.6. The molecule has 94 valence electrons. The molecule has 1 aromatic carbocycles. The molecule has 1 aromatic rings. The van der Waals surface area contributed by atoms with Crippen LogP contribution in [0.1, 0.15) is 37.4 Å². The summed E-state index contributed by atoms with van der Waals surface area (Å²) in [5.41, 5.74) is 2.60. The lowest BCUT2D eigenvalue weighted by Crippen LogP contribution is -2.22. The second-order valence-electron chi connectivity index (χ2n) is 4.78. The molecule has 2 atom stereocenters. The minimum Gasteiger partial charge on any atom is -0.493 e. The number of benzene rings is 1. The van der Waals surface area contributed by atoms with Crippen molar-refractivity contribution < 1.29 is 9.84 Å². The maximum Gasteiger partial charge on any atom is 0.122 e. The zero-order chi connectivity index (χ0) is 12.3. The lowest BCUT2D eigenvalue weighted by Gasteiger charge is -2.15. The van der Waals surface area contributed by atoms with Crippen LogP contribution in [-0.2, 0) is 6.42 Å². The Balaban J connectivity index is 1.92. The van der Waals surface area contributed by atoms with E-state index in [1.54, 1.807) is 0 Å². The number of hydrogen-bond acceptors (Lipinski definition) is 3. The summed E-state index contributed by atoms with van der Waals surface area (Å²) in [6.07, 6.45) is 1.57. The molecular weight excluding hydrogens is 214 g/mol. The van der Waals surface area contributed by atoms with Gasteiger partial charge in [-0.3, -0.25) is 0 Å². The molecule has 1 aliphatic heterocycles. The average Bonchev–Trinajstić information content (AvgIpc) is 2.75. The molecule has 1 aliphatic rings. The van der Waals surface area contributed by atoms with Crippen LogP contribution in [0.4, 0.5) is 0 Å². The van der Waals surface area contributed by atoms with E-state index in [-0.39, 0.29) is 6.10 Å². The van der Waals surface area contributed by atoms with Gasteiger partial charge in [0, 0.05) is 12.5 Å². The SMILES string of the molecule is CC(O)CCNC(C)c1ccc2c(c1)CCO2. The Hall–Kier alpha value is -1.06. The summed E-state index contributed by atoms with van der Waals surface area (Å²) in [5.74, 6) is 1.03. The van der Waals surface area contributed by atoms with Gasteiger partial charge in [0.25, 0.3) is 0 Å². The van der Waals surface area contributed by atoms with Gasteiger partial charge in [-0.1, -0.05) is 12.1 Å². The van der Waals surface area contributed by atoms with Crippen molar-refractivity contribution in [3.8, 4) is 5.75 Å². The first kappa shape index (κ1) is 12.4. The molecule has 1 heterocycles. The standard InChI is InChI=1S/C14H21NO2/c1-10(16)5-7-15-11(2)12-3-4-14-13(9-12)6-8-17-14/h3-4,9-11,15-16H,5-8H2,1-2H3. The Bertz CT molecular complexity index is 376. The van der Waals surface area contributed by atoms with Crippen LogP contribution in [0.25, 0.3) is 0 Å². The minimum atomic E-state index is -0.233. The molecule has 3 heteroatoms. The lowest BCUT2D eigenvalue weighted by molar-refractivity contribution is 0.182. The zero-order valence-electron chi connectivity index (χ0n) is 10.6. The summed E-state index contributed by atoms with van der Waals surface area (Å²) in [6.45, 7) is 5.62. The van der Waals surface area contributed by atoms with Crippen molar-refractivity contribution in [2.45, 2.75) is 38.8 Å². The van der Waals surface area contributed by atoms with Gasteiger partial charge < -0.3 is 15.2 Å². The van der Waals surface area contributed by atoms with Crippen molar-refractivity contribution >= 4 is 0 Å². The van der Waals surface area contributed by atoms with E-state index >= 15 is 0 Å². The highest BCUT2D eigenvalue weighted by Gasteiger charge is 2.14. The first-order chi connectivity index (χ1) is 8.16. The third-order valence-corrected chi connectivity index (χ3v) is 3.23. The Morgan fingerprint density at radius 1 is 1.41 bits per heavy atom. The van der Waals surface area contributed by atoms with E-state index in [0.717, 1.165) is 31.7 Å². The minimum absolute atomic E-state index is 0.233. The molecule has 3 nitrogen and oxygen atoms in total. The van der Waals surface area contributed by atoms with E-state index in [0.29, 0.717) is 6.04 Å². The average molecular weight is 235 g/mol. The van der Waals surface area contributed by atoms with Crippen LogP contribution < -0.4 is 10.1 Å². The van der Waals surface area contributed by atoms with E-state index in [1.807, 2.05) is 6.92 Å². The van der Waals surface area contributed by atoms with Crippen LogP contribution in [0.3, 0.4) is 0 Å². The van der Waals surface area contributed by atoms with Crippen molar-refractivity contribution in [1.82, 2.24) is 5.32 Å². The van der Waals surface area contributed by atoms with Crippen molar-refractivity contribution in [1.29, 1.82) is 0 Å². The monoisotopic (exact) mass is 235 g/mol. The summed E-state index contributed by atoms with van der Waals surface area (Å²) in [7, 11) is 0. The molecule has 0 fully saturated rings. The maximum atomic E-state index is 9.21. The fraction of sp³-hybridized carbons (Fsp3) is 0.571. The molecule has 2 unspecified atom stereocenters. The molecule has 0 amide bonds. The van der Waals surface area contributed by atoms with Gasteiger partial charge in [0.1, 0.15) is 5.75 Å². The summed E-state index contributed by atoms with van der Waals surface area (Å²) >= 11 is 0. The second kappa shape index (κ2) is 5.52. The van der Waals surface area contributed by atoms with Gasteiger partial charge in [-0.05, 0) is 44.0 Å². The number of ether oxygens (including phenoxy) is 1. The Morgan fingerprint density at radius 2 is 2.24 bits per heavy atom. The Kier molecular flexibility index (Phi) is 4.02. The number of hydrogen-bond donors (Lipinski definition) is 2. The highest BCUT2D eigenvalue weighted by atomic mass is 16.5. The Labute approximate surface area is 103 Å². The van der Waals surface area contributed by atoms with Gasteiger partial charge in [0.2, 0.25) is 0 Å². The molecule has 0 aliphatic carbocycles. The number of aliphatic hydroxyl groups is 1. The van der Waals surface area contributed by atoms with Gasteiger partial charge in [0.15, 0.2) is 0 Å². The van der Waals surface area contributed by atoms with Crippen LogP contribution in [0.5, 0.6) is 5.75 Å². The molecule has 0 saturated carbocycles. The number of rotatable bonds is 5. The highest BCUT2D eigenvalue weighted by Crippen LogP contribution is 2.27.